The molecule has 0 saturated heterocycles. The molecule has 2 aromatic rings. The summed E-state index contributed by atoms with van der Waals surface area (Å²) in [6, 6.07) is 6.93. The summed E-state index contributed by atoms with van der Waals surface area (Å²) in [5, 5.41) is 14.9. The first-order chi connectivity index (χ1) is 9.10. The quantitative estimate of drug-likeness (QED) is 0.919. The smallest absolute Gasteiger partial charge is 0.126 e. The average Bonchev–Trinajstić information content (AvgIpc) is 2.94. The van der Waals surface area contributed by atoms with Gasteiger partial charge in [-0.05, 0) is 48.9 Å². The third kappa shape index (κ3) is 2.06. The molecule has 1 aliphatic carbocycles. The predicted octanol–water partition coefficient (Wildman–Crippen LogP) is 2.33. The van der Waals surface area contributed by atoms with Crippen LogP contribution >= 0.6 is 0 Å². The van der Waals surface area contributed by atoms with Gasteiger partial charge >= 0.3 is 0 Å². The fraction of sp³-hybridized carbons (Fsp3) is 0.400. The van der Waals surface area contributed by atoms with E-state index in [2.05, 4.69) is 5.10 Å². The molecular formula is C15H17FN2O. The number of aryl methyl sites for hydroxylation is 2. The summed E-state index contributed by atoms with van der Waals surface area (Å²) in [6.45, 7) is 0. The van der Waals surface area contributed by atoms with Crippen LogP contribution in [0.5, 0.6) is 0 Å². The van der Waals surface area contributed by atoms with Gasteiger partial charge in [0.05, 0.1) is 5.60 Å². The summed E-state index contributed by atoms with van der Waals surface area (Å²) in [5.41, 5.74) is 1.62. The Morgan fingerprint density at radius 3 is 3.00 bits per heavy atom. The number of nitrogens with zero attached hydrogens (tertiary/aromatic N) is 2. The fourth-order valence-electron chi connectivity index (χ4n) is 2.96. The first-order valence-electron chi connectivity index (χ1n) is 6.57. The lowest BCUT2D eigenvalue weighted by Gasteiger charge is -2.24. The van der Waals surface area contributed by atoms with Gasteiger partial charge in [0.25, 0.3) is 0 Å². The second-order valence-corrected chi connectivity index (χ2v) is 5.24. The highest BCUT2D eigenvalue weighted by Gasteiger charge is 2.37. The van der Waals surface area contributed by atoms with Crippen LogP contribution in [0.3, 0.4) is 0 Å². The second kappa shape index (κ2) is 4.46. The zero-order chi connectivity index (χ0) is 13.5. The maximum atomic E-state index is 13.7. The molecule has 3 rings (SSSR count). The van der Waals surface area contributed by atoms with Crippen molar-refractivity contribution in [3.05, 3.63) is 53.1 Å². The minimum absolute atomic E-state index is 0.200. The molecule has 0 fully saturated rings. The third-order valence-corrected chi connectivity index (χ3v) is 4.13. The van der Waals surface area contributed by atoms with Crippen LogP contribution in [0.1, 0.15) is 29.7 Å². The Morgan fingerprint density at radius 1 is 1.42 bits per heavy atom. The molecule has 100 valence electrons. The highest BCUT2D eigenvalue weighted by Crippen LogP contribution is 2.40. The molecule has 3 nitrogen and oxygen atoms in total. The number of hydrogen-bond acceptors (Lipinski definition) is 2. The largest absolute Gasteiger partial charge is 0.385 e. The van der Waals surface area contributed by atoms with E-state index in [9.17, 15) is 9.50 Å². The molecule has 1 aromatic heterocycles. The van der Waals surface area contributed by atoms with E-state index in [1.165, 1.54) is 6.07 Å². The summed E-state index contributed by atoms with van der Waals surface area (Å²) >= 11 is 0. The van der Waals surface area contributed by atoms with E-state index in [1.54, 1.807) is 12.3 Å². The Bertz CT molecular complexity index is 608. The van der Waals surface area contributed by atoms with E-state index >= 15 is 0 Å². The summed E-state index contributed by atoms with van der Waals surface area (Å²) in [6.07, 6.45) is 4.30. The predicted molar refractivity (Wildman–Crippen MR) is 70.1 cm³/mol. The maximum Gasteiger partial charge on any atom is 0.126 e. The van der Waals surface area contributed by atoms with Crippen LogP contribution in [0.2, 0.25) is 0 Å². The normalized spacial score (nSPS) is 21.6. The van der Waals surface area contributed by atoms with Crippen molar-refractivity contribution < 1.29 is 9.50 Å². The molecule has 1 aromatic carbocycles. The molecule has 1 aliphatic rings. The van der Waals surface area contributed by atoms with Crippen LogP contribution in [0, 0.1) is 5.82 Å². The molecular weight excluding hydrogens is 243 g/mol. The van der Waals surface area contributed by atoms with Gasteiger partial charge in [-0.1, -0.05) is 12.1 Å². The van der Waals surface area contributed by atoms with Gasteiger partial charge in [-0.25, -0.2) is 4.39 Å². The van der Waals surface area contributed by atoms with Crippen LogP contribution in [0.15, 0.2) is 30.5 Å². The molecule has 1 atom stereocenters. The van der Waals surface area contributed by atoms with Gasteiger partial charge in [-0.15, -0.1) is 0 Å². The van der Waals surface area contributed by atoms with Crippen molar-refractivity contribution in [3.8, 4) is 0 Å². The van der Waals surface area contributed by atoms with E-state index in [0.29, 0.717) is 24.8 Å². The van der Waals surface area contributed by atoms with E-state index in [1.807, 2.05) is 23.9 Å². The Labute approximate surface area is 111 Å². The van der Waals surface area contributed by atoms with Gasteiger partial charge in [-0.2, -0.15) is 5.10 Å². The number of halogens is 1. The average molecular weight is 260 g/mol. The number of aromatic nitrogens is 2. The molecule has 0 aliphatic heterocycles. The van der Waals surface area contributed by atoms with Gasteiger partial charge in [0.1, 0.15) is 5.82 Å². The topological polar surface area (TPSA) is 38.0 Å². The van der Waals surface area contributed by atoms with Crippen LogP contribution in [-0.4, -0.2) is 14.9 Å². The minimum Gasteiger partial charge on any atom is -0.385 e. The lowest BCUT2D eigenvalue weighted by atomic mass is 9.90. The van der Waals surface area contributed by atoms with Gasteiger partial charge in [0.15, 0.2) is 0 Å². The second-order valence-electron chi connectivity index (χ2n) is 5.24. The molecule has 0 amide bonds. The number of rotatable bonds is 3. The minimum atomic E-state index is -0.901. The SMILES string of the molecule is Cn1nccc1CCC1(O)CCc2c(F)cccc21. The van der Waals surface area contributed by atoms with Gasteiger partial charge in [0.2, 0.25) is 0 Å². The molecule has 0 radical (unpaired) electrons. The Hall–Kier alpha value is -1.68. The van der Waals surface area contributed by atoms with Crippen molar-refractivity contribution in [2.45, 2.75) is 31.3 Å². The Morgan fingerprint density at radius 2 is 2.26 bits per heavy atom. The van der Waals surface area contributed by atoms with Crippen molar-refractivity contribution in [1.29, 1.82) is 0 Å². The lowest BCUT2D eigenvalue weighted by molar-refractivity contribution is 0.0293. The van der Waals surface area contributed by atoms with Crippen molar-refractivity contribution in [1.82, 2.24) is 9.78 Å². The zero-order valence-corrected chi connectivity index (χ0v) is 10.9. The number of fused-ring (bicyclic) bond motifs is 1. The summed E-state index contributed by atoms with van der Waals surface area (Å²) in [4.78, 5) is 0. The summed E-state index contributed by atoms with van der Waals surface area (Å²) in [7, 11) is 1.89. The van der Waals surface area contributed by atoms with E-state index in [-0.39, 0.29) is 5.82 Å². The molecule has 1 heterocycles. The van der Waals surface area contributed by atoms with Crippen molar-refractivity contribution in [2.24, 2.45) is 7.05 Å². The zero-order valence-electron chi connectivity index (χ0n) is 10.9. The standard InChI is InChI=1S/C15H17FN2O/c1-18-11(7-10-17-18)5-8-15(19)9-6-12-13(15)3-2-4-14(12)16/h2-4,7,10,19H,5-6,8-9H2,1H3. The first kappa shape index (κ1) is 12.4. The van der Waals surface area contributed by atoms with Gasteiger partial charge in [0, 0.05) is 18.9 Å². The van der Waals surface area contributed by atoms with Crippen LogP contribution < -0.4 is 0 Å². The highest BCUT2D eigenvalue weighted by molar-refractivity contribution is 5.38. The van der Waals surface area contributed by atoms with Crippen LogP contribution in [-0.2, 0) is 25.5 Å². The summed E-state index contributed by atoms with van der Waals surface area (Å²) in [5.74, 6) is -0.200. The van der Waals surface area contributed by atoms with Crippen molar-refractivity contribution in [3.63, 3.8) is 0 Å². The molecule has 0 spiro atoms. The highest BCUT2D eigenvalue weighted by atomic mass is 19.1. The van der Waals surface area contributed by atoms with Crippen molar-refractivity contribution >= 4 is 0 Å². The lowest BCUT2D eigenvalue weighted by Crippen LogP contribution is -2.23. The Kier molecular flexibility index (Phi) is 2.90. The van der Waals surface area contributed by atoms with E-state index in [0.717, 1.165) is 17.7 Å². The monoisotopic (exact) mass is 260 g/mol. The third-order valence-electron chi connectivity index (χ3n) is 4.13. The maximum absolute atomic E-state index is 13.7. The molecule has 1 N–H and O–H groups in total. The Balaban J connectivity index is 1.83. The van der Waals surface area contributed by atoms with Gasteiger partial charge < -0.3 is 5.11 Å². The van der Waals surface area contributed by atoms with Gasteiger partial charge in [-0.3, -0.25) is 4.68 Å². The summed E-state index contributed by atoms with van der Waals surface area (Å²) < 4.78 is 15.5. The number of benzene rings is 1. The molecule has 19 heavy (non-hydrogen) atoms. The van der Waals surface area contributed by atoms with Crippen LogP contribution in [0.25, 0.3) is 0 Å². The number of hydrogen-bond donors (Lipinski definition) is 1. The first-order valence-corrected chi connectivity index (χ1v) is 6.57. The molecule has 4 heteroatoms. The molecule has 0 bridgehead atoms. The molecule has 1 unspecified atom stereocenters. The fourth-order valence-corrected chi connectivity index (χ4v) is 2.96. The van der Waals surface area contributed by atoms with Crippen molar-refractivity contribution in [2.75, 3.05) is 0 Å². The van der Waals surface area contributed by atoms with E-state index < -0.39 is 5.60 Å². The van der Waals surface area contributed by atoms with Crippen LogP contribution in [0.4, 0.5) is 4.39 Å². The molecule has 0 saturated carbocycles. The van der Waals surface area contributed by atoms with E-state index in [4.69, 9.17) is 0 Å². The number of aliphatic hydroxyl groups is 1.